The molecule has 2 aliphatic carbocycles. The van der Waals surface area contributed by atoms with Crippen LogP contribution in [0.4, 0.5) is 0 Å². The summed E-state index contributed by atoms with van der Waals surface area (Å²) in [4.78, 5) is 11.9. The molecule has 6 heteroatoms. The first kappa shape index (κ1) is 15.3. The van der Waals surface area contributed by atoms with Gasteiger partial charge in [-0.25, -0.2) is 8.42 Å². The normalized spacial score (nSPS) is 37.4. The predicted octanol–water partition coefficient (Wildman–Crippen LogP) is 1.92. The Bertz CT molecular complexity index is 504. The Balaban J connectivity index is 1.84. The maximum Gasteiger partial charge on any atom is 0.310 e. The second kappa shape index (κ2) is 5.88. The number of fused-ring (bicyclic) bond motifs is 1. The van der Waals surface area contributed by atoms with Gasteiger partial charge in [-0.3, -0.25) is 4.79 Å². The lowest BCUT2D eigenvalue weighted by molar-refractivity contribution is -0.145. The quantitative estimate of drug-likeness (QED) is 0.747. The number of rotatable bonds is 3. The van der Waals surface area contributed by atoms with Crippen molar-refractivity contribution in [1.82, 2.24) is 4.31 Å². The third-order valence-electron chi connectivity index (χ3n) is 5.61. The van der Waals surface area contributed by atoms with E-state index >= 15 is 0 Å². The first-order valence-corrected chi connectivity index (χ1v) is 9.64. The van der Waals surface area contributed by atoms with E-state index in [0.717, 1.165) is 38.5 Å². The first-order chi connectivity index (χ1) is 10.1. The predicted molar refractivity (Wildman–Crippen MR) is 79.1 cm³/mol. The molecule has 0 radical (unpaired) electrons. The highest BCUT2D eigenvalue weighted by Crippen LogP contribution is 2.41. The SMILES string of the molecule is COC(=O)C1CCCC1S(=O)(=O)N1CCCC2CCCC21. The van der Waals surface area contributed by atoms with Crippen LogP contribution in [0.25, 0.3) is 0 Å². The first-order valence-electron chi connectivity index (χ1n) is 8.14. The summed E-state index contributed by atoms with van der Waals surface area (Å²) < 4.78 is 32.7. The lowest BCUT2D eigenvalue weighted by atomic mass is 9.94. The van der Waals surface area contributed by atoms with Crippen molar-refractivity contribution in [3.05, 3.63) is 0 Å². The highest BCUT2D eigenvalue weighted by Gasteiger charge is 2.49. The number of esters is 1. The number of hydrogen-bond acceptors (Lipinski definition) is 4. The van der Waals surface area contributed by atoms with Crippen molar-refractivity contribution in [3.63, 3.8) is 0 Å². The lowest BCUT2D eigenvalue weighted by Gasteiger charge is -2.38. The van der Waals surface area contributed by atoms with Crippen molar-refractivity contribution in [2.24, 2.45) is 11.8 Å². The van der Waals surface area contributed by atoms with Crippen LogP contribution in [-0.4, -0.2) is 43.6 Å². The molecule has 4 unspecified atom stereocenters. The monoisotopic (exact) mass is 315 g/mol. The molecule has 3 aliphatic rings. The lowest BCUT2D eigenvalue weighted by Crippen LogP contribution is -2.51. The van der Waals surface area contributed by atoms with Crippen LogP contribution < -0.4 is 0 Å². The molecule has 2 saturated carbocycles. The van der Waals surface area contributed by atoms with Gasteiger partial charge in [-0.05, 0) is 44.4 Å². The maximum absolute atomic E-state index is 13.1. The molecule has 1 saturated heterocycles. The van der Waals surface area contributed by atoms with E-state index in [1.807, 2.05) is 0 Å². The molecular weight excluding hydrogens is 290 g/mol. The van der Waals surface area contributed by atoms with Gasteiger partial charge in [-0.1, -0.05) is 12.8 Å². The second-order valence-electron chi connectivity index (χ2n) is 6.66. The summed E-state index contributed by atoms with van der Waals surface area (Å²) in [7, 11) is -2.04. The molecule has 120 valence electrons. The Hall–Kier alpha value is -0.620. The zero-order chi connectivity index (χ0) is 15.0. The maximum atomic E-state index is 13.1. The summed E-state index contributed by atoms with van der Waals surface area (Å²) in [6, 6.07) is 0.183. The van der Waals surface area contributed by atoms with Gasteiger partial charge in [0, 0.05) is 12.6 Å². The Labute approximate surface area is 127 Å². The molecule has 1 heterocycles. The molecule has 0 bridgehead atoms. The van der Waals surface area contributed by atoms with Gasteiger partial charge in [-0.15, -0.1) is 0 Å². The summed E-state index contributed by atoms with van der Waals surface area (Å²) >= 11 is 0. The number of methoxy groups -OCH3 is 1. The Morgan fingerprint density at radius 3 is 2.52 bits per heavy atom. The van der Waals surface area contributed by atoms with Crippen LogP contribution in [0, 0.1) is 11.8 Å². The number of sulfonamides is 1. The molecule has 21 heavy (non-hydrogen) atoms. The van der Waals surface area contributed by atoms with Gasteiger partial charge < -0.3 is 4.74 Å². The molecule has 0 aromatic carbocycles. The molecule has 0 spiro atoms. The Morgan fingerprint density at radius 2 is 1.76 bits per heavy atom. The van der Waals surface area contributed by atoms with Gasteiger partial charge in [-0.2, -0.15) is 4.31 Å². The van der Waals surface area contributed by atoms with Crippen molar-refractivity contribution in [2.75, 3.05) is 13.7 Å². The van der Waals surface area contributed by atoms with E-state index < -0.39 is 21.2 Å². The van der Waals surface area contributed by atoms with Crippen molar-refractivity contribution >= 4 is 16.0 Å². The molecule has 4 atom stereocenters. The minimum Gasteiger partial charge on any atom is -0.469 e. The van der Waals surface area contributed by atoms with E-state index in [9.17, 15) is 13.2 Å². The average molecular weight is 315 g/mol. The molecule has 1 aliphatic heterocycles. The van der Waals surface area contributed by atoms with Crippen LogP contribution >= 0.6 is 0 Å². The molecule has 3 fully saturated rings. The van der Waals surface area contributed by atoms with E-state index in [2.05, 4.69) is 0 Å². The number of ether oxygens (including phenoxy) is 1. The Kier molecular flexibility index (Phi) is 4.28. The van der Waals surface area contributed by atoms with Crippen LogP contribution in [0.5, 0.6) is 0 Å². The second-order valence-corrected chi connectivity index (χ2v) is 8.76. The van der Waals surface area contributed by atoms with Crippen molar-refractivity contribution in [1.29, 1.82) is 0 Å². The highest BCUT2D eigenvalue weighted by molar-refractivity contribution is 7.89. The smallest absolute Gasteiger partial charge is 0.310 e. The standard InChI is InChI=1S/C15H25NO4S/c1-20-15(17)12-7-3-9-14(12)21(18,19)16-10-4-6-11-5-2-8-13(11)16/h11-14H,2-10H2,1H3. The number of piperidine rings is 1. The van der Waals surface area contributed by atoms with Crippen LogP contribution in [0.15, 0.2) is 0 Å². The van der Waals surface area contributed by atoms with Crippen LogP contribution in [0.3, 0.4) is 0 Å². The zero-order valence-corrected chi connectivity index (χ0v) is 13.5. The van der Waals surface area contributed by atoms with Gasteiger partial charge in [0.05, 0.1) is 18.3 Å². The summed E-state index contributed by atoms with van der Waals surface area (Å²) in [5.41, 5.74) is 0. The van der Waals surface area contributed by atoms with Crippen LogP contribution in [0.2, 0.25) is 0 Å². The number of hydrogen-bond donors (Lipinski definition) is 0. The van der Waals surface area contributed by atoms with E-state index in [4.69, 9.17) is 4.74 Å². The fourth-order valence-electron chi connectivity index (χ4n) is 4.60. The van der Waals surface area contributed by atoms with Crippen molar-refractivity contribution in [3.8, 4) is 0 Å². The van der Waals surface area contributed by atoms with Gasteiger partial charge in [0.15, 0.2) is 0 Å². The van der Waals surface area contributed by atoms with Crippen LogP contribution in [-0.2, 0) is 19.6 Å². The molecule has 0 aromatic heterocycles. The highest BCUT2D eigenvalue weighted by atomic mass is 32.2. The number of nitrogens with zero attached hydrogens (tertiary/aromatic N) is 1. The summed E-state index contributed by atoms with van der Waals surface area (Å²) in [6.45, 7) is 0.633. The minimum absolute atomic E-state index is 0.183. The van der Waals surface area contributed by atoms with Crippen molar-refractivity contribution < 1.29 is 17.9 Å². The van der Waals surface area contributed by atoms with Crippen molar-refractivity contribution in [2.45, 2.75) is 62.7 Å². The van der Waals surface area contributed by atoms with Gasteiger partial charge in [0.25, 0.3) is 0 Å². The minimum atomic E-state index is -3.39. The number of carbonyl (C=O) groups excluding carboxylic acids is 1. The third kappa shape index (κ3) is 2.61. The van der Waals surface area contributed by atoms with E-state index in [-0.39, 0.29) is 12.0 Å². The largest absolute Gasteiger partial charge is 0.469 e. The fraction of sp³-hybridized carbons (Fsp3) is 0.933. The van der Waals surface area contributed by atoms with E-state index in [1.165, 1.54) is 7.11 Å². The topological polar surface area (TPSA) is 63.7 Å². The zero-order valence-electron chi connectivity index (χ0n) is 12.7. The van der Waals surface area contributed by atoms with Crippen LogP contribution in [0.1, 0.15) is 51.4 Å². The Morgan fingerprint density at radius 1 is 1.05 bits per heavy atom. The third-order valence-corrected chi connectivity index (χ3v) is 8.04. The fourth-order valence-corrected chi connectivity index (χ4v) is 7.11. The number of carbonyl (C=O) groups is 1. The summed E-state index contributed by atoms with van der Waals surface area (Å²) in [5.74, 6) is -0.297. The molecule has 0 N–H and O–H groups in total. The van der Waals surface area contributed by atoms with E-state index in [0.29, 0.717) is 25.3 Å². The van der Waals surface area contributed by atoms with Gasteiger partial charge in [0.2, 0.25) is 10.0 Å². The molecule has 3 rings (SSSR count). The average Bonchev–Trinajstić information content (AvgIpc) is 3.14. The molecule has 0 aromatic rings. The summed E-state index contributed by atoms with van der Waals surface area (Å²) in [5, 5.41) is -0.565. The van der Waals surface area contributed by atoms with Gasteiger partial charge in [0.1, 0.15) is 0 Å². The van der Waals surface area contributed by atoms with Gasteiger partial charge >= 0.3 is 5.97 Å². The van der Waals surface area contributed by atoms with E-state index in [1.54, 1.807) is 4.31 Å². The molecule has 5 nitrogen and oxygen atoms in total. The summed E-state index contributed by atoms with van der Waals surface area (Å²) in [6.07, 6.45) is 7.41. The molecule has 0 amide bonds. The molecular formula is C15H25NO4S.